The van der Waals surface area contributed by atoms with E-state index in [4.69, 9.17) is 30.5 Å². The van der Waals surface area contributed by atoms with Crippen LogP contribution in [0.4, 0.5) is 5.69 Å². The standard InChI is InChI=1S/C32H32ClN3O7S/c1-22-5-7-24(8-6-22)21-43-26-12-9-23(10-13-26)19-34-35-32(37)20-36(28-17-25(33)11-15-29(28)40-2)44(38,39)27-14-16-30(41-3)31(18-27)42-4/h5-19H,20-21H2,1-4H3,(H,35,37)/b34-19-. The van der Waals surface area contributed by atoms with E-state index in [2.05, 4.69) is 10.5 Å². The molecule has 0 bridgehead atoms. The first-order chi connectivity index (χ1) is 21.1. The number of methoxy groups -OCH3 is 3. The molecular weight excluding hydrogens is 606 g/mol. The molecular formula is C32H32ClN3O7S. The van der Waals surface area contributed by atoms with Gasteiger partial charge in [-0.1, -0.05) is 41.4 Å². The third-order valence-corrected chi connectivity index (χ3v) is 8.44. The lowest BCUT2D eigenvalue weighted by atomic mass is 10.2. The Kier molecular flexibility index (Phi) is 10.7. The summed E-state index contributed by atoms with van der Waals surface area (Å²) in [6.07, 6.45) is 1.44. The van der Waals surface area contributed by atoms with Crippen LogP contribution in [0.2, 0.25) is 5.02 Å². The second kappa shape index (κ2) is 14.6. The number of hydrogen-bond donors (Lipinski definition) is 1. The van der Waals surface area contributed by atoms with Crippen molar-refractivity contribution in [2.45, 2.75) is 18.4 Å². The van der Waals surface area contributed by atoms with E-state index in [9.17, 15) is 13.2 Å². The average Bonchev–Trinajstić information content (AvgIpc) is 3.03. The Hall–Kier alpha value is -4.74. The molecule has 0 radical (unpaired) electrons. The number of hydrogen-bond acceptors (Lipinski definition) is 8. The smallest absolute Gasteiger partial charge is 0.265 e. The second-order valence-electron chi connectivity index (χ2n) is 9.48. The third kappa shape index (κ3) is 8.00. The summed E-state index contributed by atoms with van der Waals surface area (Å²) in [5.74, 6) is 0.714. The molecule has 0 aromatic heterocycles. The maximum atomic E-state index is 13.9. The van der Waals surface area contributed by atoms with Crippen LogP contribution in [-0.4, -0.2) is 48.4 Å². The molecule has 0 aliphatic heterocycles. The molecule has 4 rings (SSSR count). The highest BCUT2D eigenvalue weighted by molar-refractivity contribution is 7.92. The van der Waals surface area contributed by atoms with E-state index in [1.54, 1.807) is 30.3 Å². The van der Waals surface area contributed by atoms with E-state index in [1.165, 1.54) is 63.4 Å². The Morgan fingerprint density at radius 3 is 2.18 bits per heavy atom. The van der Waals surface area contributed by atoms with Crippen LogP contribution < -0.4 is 28.7 Å². The number of carbonyl (C=O) groups is 1. The highest BCUT2D eigenvalue weighted by Gasteiger charge is 2.30. The number of halogens is 1. The lowest BCUT2D eigenvalue weighted by Crippen LogP contribution is -2.39. The van der Waals surface area contributed by atoms with E-state index in [1.807, 2.05) is 31.2 Å². The van der Waals surface area contributed by atoms with Gasteiger partial charge in [-0.25, -0.2) is 13.8 Å². The summed E-state index contributed by atoms with van der Waals surface area (Å²) >= 11 is 6.21. The van der Waals surface area contributed by atoms with E-state index in [0.29, 0.717) is 23.7 Å². The number of aryl methyl sites for hydroxylation is 1. The number of sulfonamides is 1. The number of nitrogens with zero attached hydrogens (tertiary/aromatic N) is 2. The molecule has 230 valence electrons. The normalized spacial score (nSPS) is 11.2. The fraction of sp³-hybridized carbons (Fsp3) is 0.188. The van der Waals surface area contributed by atoms with Gasteiger partial charge in [0.05, 0.1) is 38.1 Å². The minimum absolute atomic E-state index is 0.0649. The molecule has 44 heavy (non-hydrogen) atoms. The average molecular weight is 638 g/mol. The minimum atomic E-state index is -4.33. The maximum absolute atomic E-state index is 13.9. The topological polar surface area (TPSA) is 116 Å². The highest BCUT2D eigenvalue weighted by Crippen LogP contribution is 2.37. The Morgan fingerprint density at radius 1 is 0.864 bits per heavy atom. The van der Waals surface area contributed by atoms with Gasteiger partial charge < -0.3 is 18.9 Å². The maximum Gasteiger partial charge on any atom is 0.265 e. The number of amides is 1. The number of nitrogens with one attached hydrogen (secondary N) is 1. The zero-order valence-corrected chi connectivity index (χ0v) is 26.2. The van der Waals surface area contributed by atoms with Crippen LogP contribution in [0.5, 0.6) is 23.0 Å². The summed E-state index contributed by atoms with van der Waals surface area (Å²) < 4.78 is 50.4. The van der Waals surface area contributed by atoms with Gasteiger partial charge in [0.25, 0.3) is 15.9 Å². The minimum Gasteiger partial charge on any atom is -0.495 e. The molecule has 12 heteroatoms. The summed E-state index contributed by atoms with van der Waals surface area (Å²) in [5, 5.41) is 4.25. The molecule has 1 N–H and O–H groups in total. The van der Waals surface area contributed by atoms with Gasteiger partial charge in [0, 0.05) is 11.1 Å². The SMILES string of the molecule is COc1ccc(S(=O)(=O)N(CC(=O)N/N=C\c2ccc(OCc3ccc(C)cc3)cc2)c2cc(Cl)ccc2OC)cc1OC. The fourth-order valence-electron chi connectivity index (χ4n) is 4.11. The molecule has 0 saturated carbocycles. The molecule has 4 aromatic carbocycles. The van der Waals surface area contributed by atoms with Crippen molar-refractivity contribution in [2.24, 2.45) is 5.10 Å². The molecule has 0 fully saturated rings. The van der Waals surface area contributed by atoms with Gasteiger partial charge in [-0.2, -0.15) is 5.10 Å². The molecule has 0 saturated heterocycles. The zero-order chi connectivity index (χ0) is 31.7. The molecule has 0 heterocycles. The van der Waals surface area contributed by atoms with Crippen molar-refractivity contribution in [2.75, 3.05) is 32.2 Å². The van der Waals surface area contributed by atoms with Crippen LogP contribution >= 0.6 is 11.6 Å². The van der Waals surface area contributed by atoms with Crippen molar-refractivity contribution >= 4 is 39.4 Å². The second-order valence-corrected chi connectivity index (χ2v) is 11.8. The van der Waals surface area contributed by atoms with Crippen LogP contribution in [0.1, 0.15) is 16.7 Å². The summed E-state index contributed by atoms with van der Waals surface area (Å²) in [6.45, 7) is 1.84. The van der Waals surface area contributed by atoms with Crippen molar-refractivity contribution in [3.05, 3.63) is 107 Å². The number of ether oxygens (including phenoxy) is 4. The van der Waals surface area contributed by atoms with Crippen LogP contribution in [0.25, 0.3) is 0 Å². The van der Waals surface area contributed by atoms with Crippen LogP contribution in [0, 0.1) is 6.92 Å². The van der Waals surface area contributed by atoms with Crippen molar-refractivity contribution in [1.29, 1.82) is 0 Å². The van der Waals surface area contributed by atoms with Gasteiger partial charge >= 0.3 is 0 Å². The van der Waals surface area contributed by atoms with Gasteiger partial charge in [-0.05, 0) is 72.6 Å². The van der Waals surface area contributed by atoms with Gasteiger partial charge in [0.1, 0.15) is 24.7 Å². The van der Waals surface area contributed by atoms with Gasteiger partial charge in [0.2, 0.25) is 0 Å². The van der Waals surface area contributed by atoms with Crippen LogP contribution in [-0.2, 0) is 21.4 Å². The first kappa shape index (κ1) is 32.2. The van der Waals surface area contributed by atoms with E-state index < -0.39 is 22.5 Å². The van der Waals surface area contributed by atoms with Gasteiger partial charge in [0.15, 0.2) is 11.5 Å². The molecule has 10 nitrogen and oxygen atoms in total. The quantitative estimate of drug-likeness (QED) is 0.150. The lowest BCUT2D eigenvalue weighted by molar-refractivity contribution is -0.119. The molecule has 4 aromatic rings. The first-order valence-corrected chi connectivity index (χ1v) is 15.1. The molecule has 0 aliphatic carbocycles. The number of hydrazone groups is 1. The summed E-state index contributed by atoms with van der Waals surface area (Å²) in [4.78, 5) is 12.9. The largest absolute Gasteiger partial charge is 0.495 e. The Morgan fingerprint density at radius 2 is 1.52 bits per heavy atom. The first-order valence-electron chi connectivity index (χ1n) is 13.3. The lowest BCUT2D eigenvalue weighted by Gasteiger charge is -2.25. The monoisotopic (exact) mass is 637 g/mol. The molecule has 0 spiro atoms. The van der Waals surface area contributed by atoms with Crippen molar-refractivity contribution < 1.29 is 32.2 Å². The molecule has 1 amide bonds. The Bertz CT molecular complexity index is 1730. The molecule has 0 atom stereocenters. The van der Waals surface area contributed by atoms with Crippen LogP contribution in [0.15, 0.2) is 94.9 Å². The summed E-state index contributed by atoms with van der Waals surface area (Å²) in [7, 11) is -0.116. The predicted octanol–water partition coefficient (Wildman–Crippen LogP) is 5.60. The fourth-order valence-corrected chi connectivity index (χ4v) is 5.71. The summed E-state index contributed by atoms with van der Waals surface area (Å²) in [6, 6.07) is 23.8. The third-order valence-electron chi connectivity index (χ3n) is 6.45. The summed E-state index contributed by atoms with van der Waals surface area (Å²) in [5.41, 5.74) is 5.39. The van der Waals surface area contributed by atoms with Gasteiger partial charge in [-0.3, -0.25) is 9.10 Å². The number of rotatable bonds is 13. The van der Waals surface area contributed by atoms with Gasteiger partial charge in [-0.15, -0.1) is 0 Å². The van der Waals surface area contributed by atoms with Crippen molar-refractivity contribution in [3.63, 3.8) is 0 Å². The van der Waals surface area contributed by atoms with E-state index in [-0.39, 0.29) is 27.1 Å². The van der Waals surface area contributed by atoms with Crippen molar-refractivity contribution in [3.8, 4) is 23.0 Å². The predicted molar refractivity (Wildman–Crippen MR) is 170 cm³/mol. The zero-order valence-electron chi connectivity index (χ0n) is 24.6. The van der Waals surface area contributed by atoms with E-state index >= 15 is 0 Å². The Balaban J connectivity index is 1.50. The highest BCUT2D eigenvalue weighted by atomic mass is 35.5. The number of carbonyl (C=O) groups excluding carboxylic acids is 1. The van der Waals surface area contributed by atoms with E-state index in [0.717, 1.165) is 9.87 Å². The molecule has 0 unspecified atom stereocenters. The van der Waals surface area contributed by atoms with Crippen molar-refractivity contribution in [1.82, 2.24) is 5.43 Å². The Labute approximate surface area is 261 Å². The van der Waals surface area contributed by atoms with Crippen LogP contribution in [0.3, 0.4) is 0 Å². The number of benzene rings is 4. The molecule has 0 aliphatic rings. The number of anilines is 1.